The van der Waals surface area contributed by atoms with Crippen LogP contribution in [0.25, 0.3) is 10.2 Å². The third-order valence-corrected chi connectivity index (χ3v) is 4.38. The number of aromatic nitrogens is 2. The van der Waals surface area contributed by atoms with Crippen molar-refractivity contribution < 1.29 is 0 Å². The van der Waals surface area contributed by atoms with Crippen LogP contribution in [0, 0.1) is 6.92 Å². The van der Waals surface area contributed by atoms with Crippen LogP contribution in [0.5, 0.6) is 0 Å². The minimum absolute atomic E-state index is 0.355. The van der Waals surface area contributed by atoms with Gasteiger partial charge < -0.3 is 0 Å². The summed E-state index contributed by atoms with van der Waals surface area (Å²) in [5.74, 6) is 1.09. The lowest BCUT2D eigenvalue weighted by molar-refractivity contribution is 0.895. The van der Waals surface area contributed by atoms with Crippen molar-refractivity contribution >= 4 is 44.9 Å². The van der Waals surface area contributed by atoms with Crippen molar-refractivity contribution in [3.05, 3.63) is 16.2 Å². The molecular weight excluding hydrogens is 260 g/mol. The molecule has 2 nitrogen and oxygen atoms in total. The second-order valence-corrected chi connectivity index (χ2v) is 6.23. The minimum Gasteiger partial charge on any atom is -0.211 e. The second-order valence-electron chi connectivity index (χ2n) is 3.58. The quantitative estimate of drug-likeness (QED) is 0.354. The molecule has 0 amide bonds. The van der Waals surface area contributed by atoms with Gasteiger partial charge >= 0.3 is 0 Å². The molecule has 2 aromatic rings. The first kappa shape index (κ1) is 12.1. The fourth-order valence-electron chi connectivity index (χ4n) is 1.41. The maximum Gasteiger partial charge on any atom is 0.224 e. The Morgan fingerprint density at radius 1 is 1.44 bits per heavy atom. The summed E-state index contributed by atoms with van der Waals surface area (Å²) < 4.78 is 0. The van der Waals surface area contributed by atoms with Crippen LogP contribution >= 0.6 is 34.7 Å². The normalized spacial score (nSPS) is 11.2. The molecule has 0 N–H and O–H groups in total. The molecule has 0 aromatic carbocycles. The van der Waals surface area contributed by atoms with Gasteiger partial charge in [0.1, 0.15) is 9.86 Å². The number of fused-ring (bicyclic) bond motifs is 1. The smallest absolute Gasteiger partial charge is 0.211 e. The molecule has 0 aliphatic heterocycles. The van der Waals surface area contributed by atoms with E-state index in [9.17, 15) is 0 Å². The Morgan fingerprint density at radius 2 is 2.25 bits per heavy atom. The van der Waals surface area contributed by atoms with Crippen molar-refractivity contribution in [2.45, 2.75) is 31.7 Å². The van der Waals surface area contributed by atoms with Crippen LogP contribution in [0.2, 0.25) is 5.28 Å². The molecule has 16 heavy (non-hydrogen) atoms. The lowest BCUT2D eigenvalue weighted by Crippen LogP contribution is -1.87. The zero-order valence-electron chi connectivity index (χ0n) is 9.29. The molecule has 0 aliphatic carbocycles. The van der Waals surface area contributed by atoms with Crippen molar-refractivity contribution in [3.63, 3.8) is 0 Å². The largest absolute Gasteiger partial charge is 0.224 e. The van der Waals surface area contributed by atoms with Crippen molar-refractivity contribution in [2.75, 3.05) is 5.75 Å². The van der Waals surface area contributed by atoms with Crippen LogP contribution in [0.3, 0.4) is 0 Å². The lowest BCUT2D eigenvalue weighted by Gasteiger charge is -2.01. The molecule has 5 heteroatoms. The summed E-state index contributed by atoms with van der Waals surface area (Å²) >= 11 is 9.36. The van der Waals surface area contributed by atoms with E-state index in [4.69, 9.17) is 11.6 Å². The van der Waals surface area contributed by atoms with Gasteiger partial charge in [-0.25, -0.2) is 9.97 Å². The van der Waals surface area contributed by atoms with Gasteiger partial charge in [0.2, 0.25) is 5.28 Å². The van der Waals surface area contributed by atoms with Crippen LogP contribution in [0.1, 0.15) is 24.6 Å². The molecule has 0 atom stereocenters. The number of thiophene rings is 1. The predicted octanol–water partition coefficient (Wildman–Crippen LogP) is 4.55. The number of thioether (sulfide) groups is 1. The number of rotatable bonds is 4. The minimum atomic E-state index is 0.355. The van der Waals surface area contributed by atoms with Gasteiger partial charge in [0.25, 0.3) is 0 Å². The highest BCUT2D eigenvalue weighted by Crippen LogP contribution is 2.32. The van der Waals surface area contributed by atoms with E-state index in [1.54, 1.807) is 23.1 Å². The SMILES string of the molecule is CCCCSc1nc(Cl)nc2sc(C)cc12. The molecule has 0 unspecified atom stereocenters. The molecule has 86 valence electrons. The Hall–Kier alpha value is -0.320. The van der Waals surface area contributed by atoms with Crippen molar-refractivity contribution in [1.29, 1.82) is 0 Å². The molecular formula is C11H13ClN2S2. The summed E-state index contributed by atoms with van der Waals surface area (Å²) in [6.07, 6.45) is 2.41. The van der Waals surface area contributed by atoms with Crippen molar-refractivity contribution in [2.24, 2.45) is 0 Å². The Balaban J connectivity index is 2.34. The number of hydrogen-bond donors (Lipinski definition) is 0. The molecule has 2 heterocycles. The van der Waals surface area contributed by atoms with Gasteiger partial charge in [-0.15, -0.1) is 23.1 Å². The summed E-state index contributed by atoms with van der Waals surface area (Å²) in [6.45, 7) is 4.28. The van der Waals surface area contributed by atoms with Gasteiger partial charge in [-0.05, 0) is 36.8 Å². The predicted molar refractivity (Wildman–Crippen MR) is 72.8 cm³/mol. The highest BCUT2D eigenvalue weighted by atomic mass is 35.5. The summed E-state index contributed by atoms with van der Waals surface area (Å²) in [6, 6.07) is 2.14. The first-order valence-electron chi connectivity index (χ1n) is 5.27. The topological polar surface area (TPSA) is 25.8 Å². The Morgan fingerprint density at radius 3 is 3.00 bits per heavy atom. The number of unbranched alkanes of at least 4 members (excludes halogenated alkanes) is 1. The maximum atomic E-state index is 5.92. The van der Waals surface area contributed by atoms with E-state index in [1.165, 1.54) is 17.7 Å². The monoisotopic (exact) mass is 272 g/mol. The number of hydrogen-bond acceptors (Lipinski definition) is 4. The third-order valence-electron chi connectivity index (χ3n) is 2.19. The second kappa shape index (κ2) is 5.34. The molecule has 0 bridgehead atoms. The fraction of sp³-hybridized carbons (Fsp3) is 0.455. The van der Waals surface area contributed by atoms with E-state index in [2.05, 4.69) is 29.9 Å². The van der Waals surface area contributed by atoms with Crippen LogP contribution < -0.4 is 0 Å². The molecule has 0 spiro atoms. The van der Waals surface area contributed by atoms with E-state index in [-0.39, 0.29) is 0 Å². The fourth-order valence-corrected chi connectivity index (χ4v) is 3.72. The van der Waals surface area contributed by atoms with Gasteiger partial charge in [-0.2, -0.15) is 0 Å². The Labute approximate surface area is 108 Å². The summed E-state index contributed by atoms with van der Waals surface area (Å²) in [4.78, 5) is 10.8. The number of nitrogens with zero attached hydrogens (tertiary/aromatic N) is 2. The van der Waals surface area contributed by atoms with Crippen LogP contribution in [-0.2, 0) is 0 Å². The molecule has 2 aromatic heterocycles. The molecule has 0 radical (unpaired) electrons. The molecule has 0 aliphatic rings. The molecule has 0 saturated heterocycles. The average Bonchev–Trinajstić information content (AvgIpc) is 2.58. The average molecular weight is 273 g/mol. The molecule has 0 saturated carbocycles. The number of aryl methyl sites for hydroxylation is 1. The highest BCUT2D eigenvalue weighted by molar-refractivity contribution is 7.99. The van der Waals surface area contributed by atoms with Crippen molar-refractivity contribution in [1.82, 2.24) is 9.97 Å². The third kappa shape index (κ3) is 2.67. The Bertz CT molecular complexity index is 496. The zero-order valence-corrected chi connectivity index (χ0v) is 11.7. The summed E-state index contributed by atoms with van der Waals surface area (Å²) in [5.41, 5.74) is 0. The summed E-state index contributed by atoms with van der Waals surface area (Å²) in [7, 11) is 0. The van der Waals surface area contributed by atoms with Gasteiger partial charge in [-0.1, -0.05) is 13.3 Å². The van der Waals surface area contributed by atoms with Gasteiger partial charge in [0, 0.05) is 10.3 Å². The van der Waals surface area contributed by atoms with E-state index in [0.717, 1.165) is 21.0 Å². The standard InChI is InChI=1S/C11H13ClN2S2/c1-3-4-5-15-9-8-6-7(2)16-10(8)14-11(12)13-9/h6H,3-5H2,1-2H3. The first-order chi connectivity index (χ1) is 7.70. The van der Waals surface area contributed by atoms with E-state index >= 15 is 0 Å². The van der Waals surface area contributed by atoms with E-state index in [0.29, 0.717) is 5.28 Å². The summed E-state index contributed by atoms with van der Waals surface area (Å²) in [5, 5.41) is 2.52. The molecule has 0 fully saturated rings. The zero-order chi connectivity index (χ0) is 11.5. The first-order valence-corrected chi connectivity index (χ1v) is 7.45. The van der Waals surface area contributed by atoms with Gasteiger partial charge in [-0.3, -0.25) is 0 Å². The highest BCUT2D eigenvalue weighted by Gasteiger charge is 2.09. The van der Waals surface area contributed by atoms with E-state index in [1.807, 2.05) is 0 Å². The van der Waals surface area contributed by atoms with Crippen LogP contribution in [0.15, 0.2) is 11.1 Å². The van der Waals surface area contributed by atoms with Crippen LogP contribution in [0.4, 0.5) is 0 Å². The van der Waals surface area contributed by atoms with Gasteiger partial charge in [0.05, 0.1) is 0 Å². The Kier molecular flexibility index (Phi) is 4.05. The lowest BCUT2D eigenvalue weighted by atomic mass is 10.4. The maximum absolute atomic E-state index is 5.92. The number of halogens is 1. The van der Waals surface area contributed by atoms with E-state index < -0.39 is 0 Å². The molecule has 2 rings (SSSR count). The van der Waals surface area contributed by atoms with Gasteiger partial charge in [0.15, 0.2) is 0 Å². The van der Waals surface area contributed by atoms with Crippen molar-refractivity contribution in [3.8, 4) is 0 Å². The van der Waals surface area contributed by atoms with Crippen LogP contribution in [-0.4, -0.2) is 15.7 Å².